The van der Waals surface area contributed by atoms with Gasteiger partial charge in [0.25, 0.3) is 5.56 Å². The van der Waals surface area contributed by atoms with Crippen LogP contribution >= 0.6 is 15.9 Å². The second-order valence-electron chi connectivity index (χ2n) is 4.30. The fourth-order valence-electron chi connectivity index (χ4n) is 1.71. The normalized spacial score (nSPS) is 10.3. The number of carbonyl (C=O) groups is 1. The second kappa shape index (κ2) is 6.00. The van der Waals surface area contributed by atoms with Gasteiger partial charge in [-0.1, -0.05) is 0 Å². The van der Waals surface area contributed by atoms with Gasteiger partial charge in [0, 0.05) is 11.6 Å². The van der Waals surface area contributed by atoms with Crippen LogP contribution in [-0.4, -0.2) is 22.7 Å². The summed E-state index contributed by atoms with van der Waals surface area (Å²) >= 11 is 3.32. The van der Waals surface area contributed by atoms with Crippen molar-refractivity contribution in [3.8, 4) is 5.75 Å². The van der Waals surface area contributed by atoms with Crippen LogP contribution in [0, 0.1) is 6.92 Å². The third kappa shape index (κ3) is 3.14. The molecule has 0 saturated carbocycles. The fourth-order valence-corrected chi connectivity index (χ4v) is 2.25. The van der Waals surface area contributed by atoms with Gasteiger partial charge in [-0.15, -0.1) is 0 Å². The summed E-state index contributed by atoms with van der Waals surface area (Å²) in [4.78, 5) is 23.8. The minimum absolute atomic E-state index is 0.0854. The first-order chi connectivity index (χ1) is 9.51. The average Bonchev–Trinajstić information content (AvgIpc) is 2.41. The van der Waals surface area contributed by atoms with E-state index in [0.29, 0.717) is 15.8 Å². The number of hydrogen-bond donors (Lipinski definition) is 0. The van der Waals surface area contributed by atoms with Gasteiger partial charge in [-0.05, 0) is 46.6 Å². The van der Waals surface area contributed by atoms with Crippen molar-refractivity contribution in [1.29, 1.82) is 0 Å². The maximum Gasteiger partial charge on any atom is 0.267 e. The van der Waals surface area contributed by atoms with Crippen molar-refractivity contribution in [2.24, 2.45) is 0 Å². The Labute approximate surface area is 124 Å². The molecule has 104 valence electrons. The van der Waals surface area contributed by atoms with Crippen LogP contribution < -0.4 is 10.3 Å². The molecule has 0 aliphatic heterocycles. The Morgan fingerprint density at radius 1 is 1.40 bits per heavy atom. The zero-order valence-corrected chi connectivity index (χ0v) is 12.7. The molecule has 6 heteroatoms. The predicted octanol–water partition coefficient (Wildman–Crippen LogP) is 2.21. The van der Waals surface area contributed by atoms with Gasteiger partial charge in [0.05, 0.1) is 17.8 Å². The van der Waals surface area contributed by atoms with E-state index in [2.05, 4.69) is 21.0 Å². The third-order valence-electron chi connectivity index (χ3n) is 2.77. The van der Waals surface area contributed by atoms with E-state index in [4.69, 9.17) is 4.74 Å². The van der Waals surface area contributed by atoms with Crippen LogP contribution in [0.1, 0.15) is 15.9 Å². The smallest absolute Gasteiger partial charge is 0.267 e. The van der Waals surface area contributed by atoms with Crippen LogP contribution in [0.3, 0.4) is 0 Å². The summed E-state index contributed by atoms with van der Waals surface area (Å²) < 4.78 is 6.94. The van der Waals surface area contributed by atoms with Crippen LogP contribution in [0.5, 0.6) is 5.75 Å². The molecular formula is C14H13BrN2O3. The van der Waals surface area contributed by atoms with Gasteiger partial charge in [-0.25, -0.2) is 4.68 Å². The first kappa shape index (κ1) is 14.5. The lowest BCUT2D eigenvalue weighted by Gasteiger charge is -2.07. The molecule has 0 spiro atoms. The number of ketones is 1. The highest BCUT2D eigenvalue weighted by atomic mass is 79.9. The largest absolute Gasteiger partial charge is 0.496 e. The molecule has 0 bridgehead atoms. The molecule has 0 unspecified atom stereocenters. The van der Waals surface area contributed by atoms with Gasteiger partial charge in [0.2, 0.25) is 0 Å². The minimum atomic E-state index is -0.286. The molecule has 0 radical (unpaired) electrons. The lowest BCUT2D eigenvalue weighted by atomic mass is 10.1. The lowest BCUT2D eigenvalue weighted by Crippen LogP contribution is -2.26. The number of aryl methyl sites for hydroxylation is 1. The van der Waals surface area contributed by atoms with E-state index in [9.17, 15) is 9.59 Å². The standard InChI is InChI=1S/C14H13BrN2O3/c1-9-5-14(19)17(16-7-9)8-12(18)10-3-4-13(20-2)11(15)6-10/h3-7H,8H2,1-2H3. The zero-order chi connectivity index (χ0) is 14.7. The van der Waals surface area contributed by atoms with Crippen LogP contribution in [0.25, 0.3) is 0 Å². The van der Waals surface area contributed by atoms with Crippen molar-refractivity contribution in [3.05, 3.63) is 56.4 Å². The van der Waals surface area contributed by atoms with E-state index in [1.54, 1.807) is 38.4 Å². The van der Waals surface area contributed by atoms with E-state index in [-0.39, 0.29) is 17.9 Å². The molecule has 0 fully saturated rings. The summed E-state index contributed by atoms with van der Waals surface area (Å²) in [5, 5.41) is 3.95. The first-order valence-electron chi connectivity index (χ1n) is 5.92. The molecule has 20 heavy (non-hydrogen) atoms. The van der Waals surface area contributed by atoms with Gasteiger partial charge in [0.1, 0.15) is 12.3 Å². The van der Waals surface area contributed by atoms with E-state index < -0.39 is 0 Å². The van der Waals surface area contributed by atoms with E-state index >= 15 is 0 Å². The van der Waals surface area contributed by atoms with E-state index in [0.717, 1.165) is 10.2 Å². The van der Waals surface area contributed by atoms with Crippen LogP contribution in [-0.2, 0) is 6.54 Å². The lowest BCUT2D eigenvalue weighted by molar-refractivity contribution is 0.0965. The Kier molecular flexibility index (Phi) is 4.34. The summed E-state index contributed by atoms with van der Waals surface area (Å²) in [6.07, 6.45) is 1.55. The predicted molar refractivity (Wildman–Crippen MR) is 78.3 cm³/mol. The number of rotatable bonds is 4. The topological polar surface area (TPSA) is 61.2 Å². The van der Waals surface area contributed by atoms with Gasteiger partial charge in [-0.3, -0.25) is 9.59 Å². The maximum absolute atomic E-state index is 12.1. The van der Waals surface area contributed by atoms with Crippen LogP contribution in [0.2, 0.25) is 0 Å². The first-order valence-corrected chi connectivity index (χ1v) is 6.71. The Balaban J connectivity index is 2.24. The molecule has 2 rings (SSSR count). The molecule has 0 aliphatic carbocycles. The Morgan fingerprint density at radius 2 is 2.15 bits per heavy atom. The van der Waals surface area contributed by atoms with Crippen LogP contribution in [0.4, 0.5) is 0 Å². The quantitative estimate of drug-likeness (QED) is 0.803. The molecule has 1 aromatic carbocycles. The van der Waals surface area contributed by atoms with E-state index in [1.807, 2.05) is 0 Å². The SMILES string of the molecule is COc1ccc(C(=O)Cn2ncc(C)cc2=O)cc1Br. The summed E-state index contributed by atoms with van der Waals surface area (Å²) in [5.74, 6) is 0.457. The molecule has 0 amide bonds. The van der Waals surface area contributed by atoms with Gasteiger partial charge >= 0.3 is 0 Å². The van der Waals surface area contributed by atoms with Crippen molar-refractivity contribution in [1.82, 2.24) is 9.78 Å². The third-order valence-corrected chi connectivity index (χ3v) is 3.39. The minimum Gasteiger partial charge on any atom is -0.496 e. The zero-order valence-electron chi connectivity index (χ0n) is 11.1. The molecule has 5 nitrogen and oxygen atoms in total. The Morgan fingerprint density at radius 3 is 2.75 bits per heavy atom. The van der Waals surface area contributed by atoms with Gasteiger partial charge in [0.15, 0.2) is 5.78 Å². The summed E-state index contributed by atoms with van der Waals surface area (Å²) in [6, 6.07) is 6.47. The monoisotopic (exact) mass is 336 g/mol. The maximum atomic E-state index is 12.1. The molecule has 1 heterocycles. The van der Waals surface area contributed by atoms with Crippen LogP contribution in [0.15, 0.2) is 39.7 Å². The highest BCUT2D eigenvalue weighted by molar-refractivity contribution is 9.10. The highest BCUT2D eigenvalue weighted by Gasteiger charge is 2.11. The van der Waals surface area contributed by atoms with Crippen molar-refractivity contribution in [3.63, 3.8) is 0 Å². The fraction of sp³-hybridized carbons (Fsp3) is 0.214. The molecule has 0 atom stereocenters. The molecule has 2 aromatic rings. The highest BCUT2D eigenvalue weighted by Crippen LogP contribution is 2.25. The average molecular weight is 337 g/mol. The number of nitrogens with zero attached hydrogens (tertiary/aromatic N) is 2. The summed E-state index contributed by atoms with van der Waals surface area (Å²) in [5.41, 5.74) is 0.976. The summed E-state index contributed by atoms with van der Waals surface area (Å²) in [7, 11) is 1.55. The molecule has 0 N–H and O–H groups in total. The second-order valence-corrected chi connectivity index (χ2v) is 5.16. The Hall–Kier alpha value is -1.95. The number of Topliss-reactive ketones (excluding diaryl/α,β-unsaturated/α-hetero) is 1. The van der Waals surface area contributed by atoms with Crippen molar-refractivity contribution >= 4 is 21.7 Å². The number of hydrogen-bond acceptors (Lipinski definition) is 4. The van der Waals surface area contributed by atoms with Gasteiger partial charge in [-0.2, -0.15) is 5.10 Å². The molecule has 0 aliphatic rings. The van der Waals surface area contributed by atoms with Crippen molar-refractivity contribution in [2.75, 3.05) is 7.11 Å². The number of methoxy groups -OCH3 is 1. The molecular weight excluding hydrogens is 324 g/mol. The molecule has 1 aromatic heterocycles. The number of carbonyl (C=O) groups excluding carboxylic acids is 1. The van der Waals surface area contributed by atoms with Crippen molar-refractivity contribution in [2.45, 2.75) is 13.5 Å². The van der Waals surface area contributed by atoms with Gasteiger partial charge < -0.3 is 4.74 Å². The number of benzene rings is 1. The Bertz CT molecular complexity index is 710. The summed E-state index contributed by atoms with van der Waals surface area (Å²) in [6.45, 7) is 1.69. The van der Waals surface area contributed by atoms with E-state index in [1.165, 1.54) is 6.07 Å². The van der Waals surface area contributed by atoms with Crippen molar-refractivity contribution < 1.29 is 9.53 Å². The number of aromatic nitrogens is 2. The number of ether oxygens (including phenoxy) is 1. The molecule has 0 saturated heterocycles. The number of halogens is 1.